The lowest BCUT2D eigenvalue weighted by Crippen LogP contribution is -2.27. The first-order chi connectivity index (χ1) is 10.6. The summed E-state index contributed by atoms with van der Waals surface area (Å²) < 4.78 is 14.3. The van der Waals surface area contributed by atoms with Crippen molar-refractivity contribution in [1.29, 1.82) is 0 Å². The molecule has 116 valence electrons. The predicted molar refractivity (Wildman–Crippen MR) is 77.2 cm³/mol. The maximum Gasteiger partial charge on any atom is 0.242 e. The molecule has 0 saturated carbocycles. The number of amides is 2. The average Bonchev–Trinajstić information content (AvgIpc) is 2.92. The second-order valence-electron chi connectivity index (χ2n) is 4.61. The van der Waals surface area contributed by atoms with Gasteiger partial charge in [-0.1, -0.05) is 24.3 Å². The number of rotatable bonds is 6. The van der Waals surface area contributed by atoms with Gasteiger partial charge in [0.2, 0.25) is 11.8 Å². The molecule has 2 rings (SSSR count). The van der Waals surface area contributed by atoms with E-state index in [9.17, 15) is 14.0 Å². The molecule has 0 bridgehead atoms. The van der Waals surface area contributed by atoms with E-state index >= 15 is 0 Å². The molecule has 0 aliphatic carbocycles. The summed E-state index contributed by atoms with van der Waals surface area (Å²) in [5.74, 6) is -0.519. The molecule has 0 unspecified atom stereocenters. The van der Waals surface area contributed by atoms with Gasteiger partial charge in [-0.15, -0.1) is 5.10 Å². The van der Waals surface area contributed by atoms with Crippen LogP contribution in [0.3, 0.4) is 0 Å². The van der Waals surface area contributed by atoms with E-state index in [1.807, 2.05) is 0 Å². The van der Waals surface area contributed by atoms with Crippen molar-refractivity contribution in [2.75, 3.05) is 5.32 Å². The summed E-state index contributed by atoms with van der Waals surface area (Å²) in [7, 11) is 0. The Morgan fingerprint density at radius 2 is 2.14 bits per heavy atom. The number of hydrogen-bond acceptors (Lipinski definition) is 4. The standard InChI is InChI=1S/C14H16FN5O2/c1-2-13(21)17-12-8-20(19-18-12)9-14(22)16-7-10-4-3-5-11(15)6-10/h3-6,8H,2,7,9H2,1H3,(H,16,22)(H,17,21). The van der Waals surface area contributed by atoms with Crippen molar-refractivity contribution in [3.8, 4) is 0 Å². The van der Waals surface area contributed by atoms with Gasteiger partial charge in [-0.3, -0.25) is 9.59 Å². The summed E-state index contributed by atoms with van der Waals surface area (Å²) in [6.07, 6.45) is 1.80. The second-order valence-corrected chi connectivity index (χ2v) is 4.61. The quantitative estimate of drug-likeness (QED) is 0.836. The molecule has 0 aliphatic rings. The third-order valence-electron chi connectivity index (χ3n) is 2.81. The van der Waals surface area contributed by atoms with Crippen molar-refractivity contribution in [3.05, 3.63) is 41.8 Å². The normalized spacial score (nSPS) is 10.3. The lowest BCUT2D eigenvalue weighted by atomic mass is 10.2. The largest absolute Gasteiger partial charge is 0.350 e. The van der Waals surface area contributed by atoms with E-state index in [1.54, 1.807) is 19.1 Å². The van der Waals surface area contributed by atoms with E-state index < -0.39 is 0 Å². The number of carbonyl (C=O) groups excluding carboxylic acids is 2. The number of carbonyl (C=O) groups is 2. The molecule has 1 aromatic carbocycles. The molecule has 2 aromatic rings. The molecule has 0 atom stereocenters. The molecular weight excluding hydrogens is 289 g/mol. The maximum atomic E-state index is 13.0. The molecule has 8 heteroatoms. The van der Waals surface area contributed by atoms with Crippen molar-refractivity contribution in [2.24, 2.45) is 0 Å². The van der Waals surface area contributed by atoms with Crippen molar-refractivity contribution in [3.63, 3.8) is 0 Å². The molecule has 2 amide bonds. The van der Waals surface area contributed by atoms with Crippen LogP contribution in [0.2, 0.25) is 0 Å². The lowest BCUT2D eigenvalue weighted by molar-refractivity contribution is -0.122. The fourth-order valence-electron chi connectivity index (χ4n) is 1.71. The van der Waals surface area contributed by atoms with E-state index in [0.29, 0.717) is 17.8 Å². The Hall–Kier alpha value is -2.77. The Morgan fingerprint density at radius 1 is 1.32 bits per heavy atom. The minimum absolute atomic E-state index is 0.0374. The number of hydrogen-bond donors (Lipinski definition) is 2. The molecular formula is C14H16FN5O2. The molecule has 1 heterocycles. The average molecular weight is 305 g/mol. The van der Waals surface area contributed by atoms with Crippen LogP contribution in [0.15, 0.2) is 30.5 Å². The fourth-order valence-corrected chi connectivity index (χ4v) is 1.71. The van der Waals surface area contributed by atoms with Gasteiger partial charge in [-0.05, 0) is 17.7 Å². The monoisotopic (exact) mass is 305 g/mol. The van der Waals surface area contributed by atoms with Crippen LogP contribution in [-0.2, 0) is 22.7 Å². The van der Waals surface area contributed by atoms with Crippen molar-refractivity contribution >= 4 is 17.6 Å². The second kappa shape index (κ2) is 7.30. The van der Waals surface area contributed by atoms with E-state index in [0.717, 1.165) is 0 Å². The van der Waals surface area contributed by atoms with Crippen LogP contribution in [0.4, 0.5) is 10.2 Å². The number of halogens is 1. The highest BCUT2D eigenvalue weighted by molar-refractivity contribution is 5.89. The van der Waals surface area contributed by atoms with Gasteiger partial charge in [0.15, 0.2) is 5.82 Å². The zero-order valence-corrected chi connectivity index (χ0v) is 12.0. The van der Waals surface area contributed by atoms with Gasteiger partial charge in [0.1, 0.15) is 12.4 Å². The molecule has 22 heavy (non-hydrogen) atoms. The number of aromatic nitrogens is 3. The molecule has 7 nitrogen and oxygen atoms in total. The van der Waals surface area contributed by atoms with Crippen molar-refractivity contribution < 1.29 is 14.0 Å². The number of nitrogens with zero attached hydrogens (tertiary/aromatic N) is 3. The van der Waals surface area contributed by atoms with Gasteiger partial charge in [-0.25, -0.2) is 9.07 Å². The topological polar surface area (TPSA) is 88.9 Å². The van der Waals surface area contributed by atoms with Crippen LogP contribution >= 0.6 is 0 Å². The molecule has 0 aliphatic heterocycles. The highest BCUT2D eigenvalue weighted by Crippen LogP contribution is 2.03. The SMILES string of the molecule is CCC(=O)Nc1cn(CC(=O)NCc2cccc(F)c2)nn1. The third kappa shape index (κ3) is 4.65. The van der Waals surface area contributed by atoms with Crippen LogP contribution in [0.25, 0.3) is 0 Å². The Kier molecular flexibility index (Phi) is 5.18. The molecule has 0 fully saturated rings. The first-order valence-electron chi connectivity index (χ1n) is 6.78. The van der Waals surface area contributed by atoms with Gasteiger partial charge in [-0.2, -0.15) is 0 Å². The van der Waals surface area contributed by atoms with Crippen molar-refractivity contribution in [1.82, 2.24) is 20.3 Å². The summed E-state index contributed by atoms with van der Waals surface area (Å²) in [5.41, 5.74) is 0.669. The number of benzene rings is 1. The van der Waals surface area contributed by atoms with Gasteiger partial charge in [0, 0.05) is 13.0 Å². The smallest absolute Gasteiger partial charge is 0.242 e. The summed E-state index contributed by atoms with van der Waals surface area (Å²) in [6.45, 7) is 1.91. The number of anilines is 1. The van der Waals surface area contributed by atoms with E-state index in [4.69, 9.17) is 0 Å². The first kappa shape index (κ1) is 15.6. The molecule has 2 N–H and O–H groups in total. The molecule has 0 radical (unpaired) electrons. The van der Waals surface area contributed by atoms with Crippen LogP contribution in [0.1, 0.15) is 18.9 Å². The third-order valence-corrected chi connectivity index (χ3v) is 2.81. The highest BCUT2D eigenvalue weighted by atomic mass is 19.1. The summed E-state index contributed by atoms with van der Waals surface area (Å²) in [5, 5.41) is 12.7. The summed E-state index contributed by atoms with van der Waals surface area (Å²) in [4.78, 5) is 23.0. The first-order valence-corrected chi connectivity index (χ1v) is 6.78. The van der Waals surface area contributed by atoms with Crippen molar-refractivity contribution in [2.45, 2.75) is 26.4 Å². The predicted octanol–water partition coefficient (Wildman–Crippen LogP) is 1.08. The lowest BCUT2D eigenvalue weighted by Gasteiger charge is -2.05. The summed E-state index contributed by atoms with van der Waals surface area (Å²) in [6, 6.07) is 6.00. The highest BCUT2D eigenvalue weighted by Gasteiger charge is 2.07. The minimum atomic E-state index is -0.348. The minimum Gasteiger partial charge on any atom is -0.350 e. The Bertz CT molecular complexity index is 671. The Balaban J connectivity index is 1.83. The Morgan fingerprint density at radius 3 is 2.86 bits per heavy atom. The zero-order chi connectivity index (χ0) is 15.9. The van der Waals surface area contributed by atoms with Crippen LogP contribution in [-0.4, -0.2) is 26.8 Å². The molecule has 0 spiro atoms. The number of nitrogens with one attached hydrogen (secondary N) is 2. The Labute approximate surface area is 126 Å². The van der Waals surface area contributed by atoms with Crippen LogP contribution in [0.5, 0.6) is 0 Å². The van der Waals surface area contributed by atoms with Gasteiger partial charge in [0.05, 0.1) is 6.20 Å². The van der Waals surface area contributed by atoms with Gasteiger partial charge < -0.3 is 10.6 Å². The summed E-state index contributed by atoms with van der Waals surface area (Å²) >= 11 is 0. The fraction of sp³-hybridized carbons (Fsp3) is 0.286. The maximum absolute atomic E-state index is 13.0. The van der Waals surface area contributed by atoms with Crippen LogP contribution in [0, 0.1) is 5.82 Å². The van der Waals surface area contributed by atoms with Gasteiger partial charge in [0.25, 0.3) is 0 Å². The zero-order valence-electron chi connectivity index (χ0n) is 12.0. The molecule has 1 aromatic heterocycles. The van der Waals surface area contributed by atoms with Crippen LogP contribution < -0.4 is 10.6 Å². The van der Waals surface area contributed by atoms with E-state index in [2.05, 4.69) is 20.9 Å². The van der Waals surface area contributed by atoms with Gasteiger partial charge >= 0.3 is 0 Å². The van der Waals surface area contributed by atoms with E-state index in [-0.39, 0.29) is 30.7 Å². The molecule has 0 saturated heterocycles. The van der Waals surface area contributed by atoms with E-state index in [1.165, 1.54) is 23.0 Å².